The number of hydrogen-bond acceptors (Lipinski definition) is 13. The minimum Gasteiger partial charge on any atom is -0.394 e. The van der Waals surface area contributed by atoms with Gasteiger partial charge in [0.15, 0.2) is 5.96 Å². The number of aliphatic hydroxyl groups is 1. The number of carbonyl (C=O) groups excluding carboxylic acids is 11. The van der Waals surface area contributed by atoms with Crippen molar-refractivity contribution >= 4 is 70.9 Å². The minimum atomic E-state index is -1.71. The summed E-state index contributed by atoms with van der Waals surface area (Å²) in [7, 11) is 0. The van der Waals surface area contributed by atoms with Gasteiger partial charge in [-0.1, -0.05) is 54.4 Å². The smallest absolute Gasteiger partial charge is 0.245 e. The van der Waals surface area contributed by atoms with Crippen molar-refractivity contribution in [1.29, 1.82) is 0 Å². The van der Waals surface area contributed by atoms with Crippen molar-refractivity contribution in [3.05, 3.63) is 0 Å². The Bertz CT molecular complexity index is 1860. The zero-order valence-electron chi connectivity index (χ0n) is 41.0. The van der Waals surface area contributed by atoms with Gasteiger partial charge in [-0.15, -0.1) is 0 Å². The summed E-state index contributed by atoms with van der Waals surface area (Å²) in [5, 5.41) is 30.4. The van der Waals surface area contributed by atoms with Gasteiger partial charge in [0.2, 0.25) is 65.0 Å². The summed E-state index contributed by atoms with van der Waals surface area (Å²) in [6, 6.07) is -10.3. The Morgan fingerprint density at radius 3 is 1.68 bits per heavy atom. The molecule has 0 radical (unpaired) electrons. The predicted octanol–water partition coefficient (Wildman–Crippen LogP) is -4.93. The topological polar surface area (TPSA) is 424 Å². The number of nitrogens with zero attached hydrogens (tertiary/aromatic N) is 2. The predicted molar refractivity (Wildman–Crippen MR) is 251 cm³/mol. The first-order chi connectivity index (χ1) is 32.3. The standard InChI is InChI=1S/C43H76N14O12/c1-9-22(5)33(40(67)52-27(13-11-17-48-43(46)47)42(69)57-18-12-14-29(57)38(65)50-24(7)35(45)62)55-36(63)26(15-16-30(44)60)51-37(64)28(20-58)53-41(68)34(23(6)10-2)56-39(66)32(21(3)4)54-31(61)19-49-25(8)59/h21-24,26-29,32-34,58H,9-20H2,1-8H3,(H2,44,60)(H2,45,62)(H,49,59)(H,50,65)(H,51,64)(H,52,67)(H,53,68)(H,54,61)(H,55,63)(H,56,66)(H4,46,47,48)/t22-,23+,24+,26-,27-,28-,29-,32-,33-,34+/m0/s1. The molecule has 10 atom stereocenters. The molecule has 0 aliphatic carbocycles. The SMILES string of the molecule is CC[C@@H](C)[C@@H](NC(=O)[C@@H](NC(=O)CNC(C)=O)C(C)C)C(=O)N[C@@H](CO)C(=O)N[C@@H](CCC(N)=O)C(=O)N[C@H](C(=O)N[C@@H](CCCN=C(N)N)C(=O)N1CCC[C@H]1C(=O)N[C@H](C)C(N)=O)[C@@H](C)CC. The number of carbonyl (C=O) groups is 11. The van der Waals surface area contributed by atoms with Gasteiger partial charge in [-0.3, -0.25) is 57.7 Å². The van der Waals surface area contributed by atoms with Crippen molar-refractivity contribution in [2.24, 2.45) is 45.7 Å². The second kappa shape index (κ2) is 30.0. The summed E-state index contributed by atoms with van der Waals surface area (Å²) in [4.78, 5) is 149. The van der Waals surface area contributed by atoms with Crippen LogP contribution >= 0.6 is 0 Å². The van der Waals surface area contributed by atoms with Crippen molar-refractivity contribution in [1.82, 2.24) is 47.4 Å². The second-order valence-electron chi connectivity index (χ2n) is 17.6. The minimum absolute atomic E-state index is 0.00695. The average Bonchev–Trinajstić information content (AvgIpc) is 3.79. The van der Waals surface area contributed by atoms with Gasteiger partial charge in [-0.2, -0.15) is 0 Å². The maximum absolute atomic E-state index is 14.2. The number of nitrogens with two attached hydrogens (primary N) is 4. The number of amides is 11. The van der Waals surface area contributed by atoms with Crippen LogP contribution in [0, 0.1) is 17.8 Å². The fourth-order valence-electron chi connectivity index (χ4n) is 7.05. The van der Waals surface area contributed by atoms with E-state index in [9.17, 15) is 57.8 Å². The van der Waals surface area contributed by atoms with Crippen LogP contribution in [0.3, 0.4) is 0 Å². The number of hydrogen-bond donors (Lipinski definition) is 13. The molecule has 0 aromatic rings. The number of primary amides is 2. The molecular weight excluding hydrogens is 905 g/mol. The van der Waals surface area contributed by atoms with Crippen LogP contribution in [0.5, 0.6) is 0 Å². The van der Waals surface area contributed by atoms with E-state index in [4.69, 9.17) is 22.9 Å². The molecule has 1 rings (SSSR count). The molecule has 0 spiro atoms. The molecule has 11 amide bonds. The van der Waals surface area contributed by atoms with Gasteiger partial charge in [0.25, 0.3) is 0 Å². The molecule has 1 heterocycles. The first-order valence-corrected chi connectivity index (χ1v) is 23.2. The van der Waals surface area contributed by atoms with Crippen LogP contribution in [0.1, 0.15) is 107 Å². The van der Waals surface area contributed by atoms with E-state index in [0.717, 1.165) is 0 Å². The molecule has 26 heteroatoms. The Hall–Kier alpha value is -6.60. The molecule has 1 aliphatic rings. The van der Waals surface area contributed by atoms with E-state index in [1.807, 2.05) is 0 Å². The monoisotopic (exact) mass is 981 g/mol. The zero-order chi connectivity index (χ0) is 52.7. The first-order valence-electron chi connectivity index (χ1n) is 23.2. The third-order valence-corrected chi connectivity index (χ3v) is 11.7. The number of nitrogens with one attached hydrogen (secondary N) is 8. The van der Waals surface area contributed by atoms with E-state index in [2.05, 4.69) is 47.5 Å². The molecular formula is C43H76N14O12. The highest BCUT2D eigenvalue weighted by molar-refractivity contribution is 5.98. The normalized spacial score (nSPS) is 17.1. The molecule has 1 saturated heterocycles. The van der Waals surface area contributed by atoms with Crippen LogP contribution in [0.25, 0.3) is 0 Å². The van der Waals surface area contributed by atoms with Gasteiger partial charge in [0.1, 0.15) is 48.3 Å². The third kappa shape index (κ3) is 20.7. The maximum atomic E-state index is 14.2. The summed E-state index contributed by atoms with van der Waals surface area (Å²) < 4.78 is 0. The van der Waals surface area contributed by atoms with Gasteiger partial charge < -0.3 is 75.5 Å². The Kier molecular flexibility index (Phi) is 26.3. The van der Waals surface area contributed by atoms with Crippen molar-refractivity contribution < 1.29 is 57.8 Å². The molecule has 1 fully saturated rings. The summed E-state index contributed by atoms with van der Waals surface area (Å²) in [6.45, 7) is 11.5. The Labute approximate surface area is 402 Å². The van der Waals surface area contributed by atoms with Crippen LogP contribution in [0.2, 0.25) is 0 Å². The molecule has 0 bridgehead atoms. The highest BCUT2D eigenvalue weighted by atomic mass is 16.3. The maximum Gasteiger partial charge on any atom is 0.245 e. The van der Waals surface area contributed by atoms with Crippen LogP contribution in [0.4, 0.5) is 0 Å². The molecule has 1 aliphatic heterocycles. The molecule has 0 saturated carbocycles. The molecule has 0 aromatic heterocycles. The van der Waals surface area contributed by atoms with E-state index in [1.165, 1.54) is 18.7 Å². The molecule has 0 unspecified atom stereocenters. The van der Waals surface area contributed by atoms with E-state index in [0.29, 0.717) is 19.3 Å². The van der Waals surface area contributed by atoms with E-state index < -0.39 is 151 Å². The summed E-state index contributed by atoms with van der Waals surface area (Å²) in [6.07, 6.45) is 0.757. The highest BCUT2D eigenvalue weighted by Crippen LogP contribution is 2.21. The molecule has 69 heavy (non-hydrogen) atoms. The Morgan fingerprint density at radius 2 is 1.19 bits per heavy atom. The van der Waals surface area contributed by atoms with Gasteiger partial charge in [-0.05, 0) is 56.8 Å². The van der Waals surface area contributed by atoms with Crippen molar-refractivity contribution in [2.45, 2.75) is 155 Å². The zero-order valence-corrected chi connectivity index (χ0v) is 41.0. The molecule has 390 valence electrons. The lowest BCUT2D eigenvalue weighted by atomic mass is 9.96. The van der Waals surface area contributed by atoms with Gasteiger partial charge in [-0.25, -0.2) is 0 Å². The molecule has 17 N–H and O–H groups in total. The highest BCUT2D eigenvalue weighted by Gasteiger charge is 2.40. The fourth-order valence-corrected chi connectivity index (χ4v) is 7.05. The Morgan fingerprint density at radius 1 is 0.667 bits per heavy atom. The number of guanidine groups is 1. The number of aliphatic hydroxyl groups excluding tert-OH is 1. The van der Waals surface area contributed by atoms with Crippen molar-refractivity contribution in [2.75, 3.05) is 26.2 Å². The number of aliphatic imine (C=N–C) groups is 1. The fraction of sp³-hybridized carbons (Fsp3) is 0.721. The van der Waals surface area contributed by atoms with Crippen molar-refractivity contribution in [3.8, 4) is 0 Å². The lowest BCUT2D eigenvalue weighted by molar-refractivity contribution is -0.142. The van der Waals surface area contributed by atoms with Gasteiger partial charge in [0.05, 0.1) is 13.2 Å². The van der Waals surface area contributed by atoms with Crippen LogP contribution in [0.15, 0.2) is 4.99 Å². The summed E-state index contributed by atoms with van der Waals surface area (Å²) >= 11 is 0. The van der Waals surface area contributed by atoms with Crippen molar-refractivity contribution in [3.63, 3.8) is 0 Å². The average molecular weight is 981 g/mol. The number of rotatable bonds is 30. The van der Waals surface area contributed by atoms with E-state index in [1.54, 1.807) is 41.5 Å². The third-order valence-electron chi connectivity index (χ3n) is 11.7. The van der Waals surface area contributed by atoms with Gasteiger partial charge >= 0.3 is 0 Å². The second-order valence-corrected chi connectivity index (χ2v) is 17.6. The van der Waals surface area contributed by atoms with Crippen LogP contribution in [-0.4, -0.2) is 156 Å². The molecule has 26 nitrogen and oxygen atoms in total. The molecule has 0 aromatic carbocycles. The van der Waals surface area contributed by atoms with Crippen LogP contribution < -0.4 is 65.5 Å². The summed E-state index contributed by atoms with van der Waals surface area (Å²) in [5.41, 5.74) is 21.7. The summed E-state index contributed by atoms with van der Waals surface area (Å²) in [5.74, 6) is -10.3. The Balaban J connectivity index is 3.41. The lowest BCUT2D eigenvalue weighted by Crippen LogP contribution is -2.62. The lowest BCUT2D eigenvalue weighted by Gasteiger charge is -2.32. The van der Waals surface area contributed by atoms with Gasteiger partial charge in [0, 0.05) is 26.4 Å². The van der Waals surface area contributed by atoms with Crippen LogP contribution in [-0.2, 0) is 52.7 Å². The largest absolute Gasteiger partial charge is 0.394 e. The first kappa shape index (κ1) is 60.4. The quantitative estimate of drug-likeness (QED) is 0.0182. The van der Waals surface area contributed by atoms with E-state index in [-0.39, 0.29) is 44.7 Å². The van der Waals surface area contributed by atoms with E-state index >= 15 is 0 Å². The number of likely N-dealkylation sites (tertiary alicyclic amines) is 1.